The van der Waals surface area contributed by atoms with E-state index in [-0.39, 0.29) is 24.1 Å². The normalized spacial score (nSPS) is 18.5. The fourth-order valence-electron chi connectivity index (χ4n) is 2.44. The van der Waals surface area contributed by atoms with Gasteiger partial charge < -0.3 is 10.1 Å². The number of benzene rings is 2. The molecule has 27 heavy (non-hydrogen) atoms. The molecule has 3 rings (SSSR count). The van der Waals surface area contributed by atoms with Crippen molar-refractivity contribution >= 4 is 40.1 Å². The number of ether oxygens (including phenoxy) is 1. The van der Waals surface area contributed by atoms with Crippen LogP contribution in [0.1, 0.15) is 6.42 Å². The highest BCUT2D eigenvalue weighted by atomic mass is 32.2. The van der Waals surface area contributed by atoms with Crippen molar-refractivity contribution in [3.63, 3.8) is 0 Å². The van der Waals surface area contributed by atoms with Crippen LogP contribution in [0.2, 0.25) is 0 Å². The van der Waals surface area contributed by atoms with E-state index in [1.54, 1.807) is 38.4 Å². The maximum absolute atomic E-state index is 13.0. The highest BCUT2D eigenvalue weighted by Gasteiger charge is 2.34. The SMILES string of the molecule is COc1cccc(N=C2SC(C(=O)Nc3ccc(F)cc3)CC(=O)N2C)c1. The minimum absolute atomic E-state index is 0.0608. The van der Waals surface area contributed by atoms with Gasteiger partial charge in [-0.3, -0.25) is 14.5 Å². The zero-order chi connectivity index (χ0) is 19.4. The Hall–Kier alpha value is -2.87. The lowest BCUT2D eigenvalue weighted by Crippen LogP contribution is -2.43. The Morgan fingerprint density at radius 2 is 2.04 bits per heavy atom. The van der Waals surface area contributed by atoms with Gasteiger partial charge in [0, 0.05) is 25.2 Å². The molecule has 1 heterocycles. The second kappa shape index (κ2) is 8.22. The summed E-state index contributed by atoms with van der Waals surface area (Å²) < 4.78 is 18.2. The van der Waals surface area contributed by atoms with Crippen molar-refractivity contribution in [1.29, 1.82) is 0 Å². The van der Waals surface area contributed by atoms with Gasteiger partial charge in [-0.05, 0) is 36.4 Å². The topological polar surface area (TPSA) is 71.0 Å². The van der Waals surface area contributed by atoms with Gasteiger partial charge in [-0.1, -0.05) is 17.8 Å². The molecule has 2 aromatic rings. The number of methoxy groups -OCH3 is 1. The summed E-state index contributed by atoms with van der Waals surface area (Å²) in [7, 11) is 3.19. The number of halogens is 1. The number of anilines is 1. The Kier molecular flexibility index (Phi) is 5.75. The Morgan fingerprint density at radius 3 is 2.74 bits per heavy atom. The molecule has 8 heteroatoms. The fourth-order valence-corrected chi connectivity index (χ4v) is 3.51. The van der Waals surface area contributed by atoms with E-state index in [1.807, 2.05) is 0 Å². The summed E-state index contributed by atoms with van der Waals surface area (Å²) in [5.74, 6) is -0.261. The largest absolute Gasteiger partial charge is 0.497 e. The van der Waals surface area contributed by atoms with Gasteiger partial charge in [0.25, 0.3) is 0 Å². The number of carbonyl (C=O) groups excluding carboxylic acids is 2. The number of hydrogen-bond donors (Lipinski definition) is 1. The molecule has 0 aromatic heterocycles. The second-order valence-electron chi connectivity index (χ2n) is 5.86. The molecule has 1 aliphatic heterocycles. The minimum Gasteiger partial charge on any atom is -0.497 e. The third kappa shape index (κ3) is 4.65. The number of nitrogens with zero attached hydrogens (tertiary/aromatic N) is 2. The number of carbonyl (C=O) groups is 2. The van der Waals surface area contributed by atoms with Gasteiger partial charge in [-0.15, -0.1) is 0 Å². The number of nitrogens with one attached hydrogen (secondary N) is 1. The summed E-state index contributed by atoms with van der Waals surface area (Å²) in [5, 5.41) is 2.51. The Morgan fingerprint density at radius 1 is 1.30 bits per heavy atom. The van der Waals surface area contributed by atoms with Crippen LogP contribution in [0.5, 0.6) is 5.75 Å². The monoisotopic (exact) mass is 387 g/mol. The first-order chi connectivity index (χ1) is 13.0. The van der Waals surface area contributed by atoms with Crippen LogP contribution in [0.15, 0.2) is 53.5 Å². The molecule has 1 aliphatic rings. The fraction of sp³-hybridized carbons (Fsp3) is 0.211. The van der Waals surface area contributed by atoms with Gasteiger partial charge in [0.05, 0.1) is 12.8 Å². The molecule has 1 unspecified atom stereocenters. The average Bonchev–Trinajstić information content (AvgIpc) is 2.67. The van der Waals surface area contributed by atoms with Crippen molar-refractivity contribution in [2.75, 3.05) is 19.5 Å². The van der Waals surface area contributed by atoms with Crippen molar-refractivity contribution in [2.24, 2.45) is 4.99 Å². The lowest BCUT2D eigenvalue weighted by Gasteiger charge is -2.28. The molecule has 6 nitrogen and oxygen atoms in total. The van der Waals surface area contributed by atoms with Crippen LogP contribution >= 0.6 is 11.8 Å². The van der Waals surface area contributed by atoms with Crippen LogP contribution in [0.3, 0.4) is 0 Å². The third-order valence-corrected chi connectivity index (χ3v) is 5.19. The number of hydrogen-bond acceptors (Lipinski definition) is 5. The molecule has 140 valence electrons. The molecule has 2 amide bonds. The molecule has 0 aliphatic carbocycles. The zero-order valence-corrected chi connectivity index (χ0v) is 15.6. The number of amides is 2. The quantitative estimate of drug-likeness (QED) is 0.873. The predicted molar refractivity (Wildman–Crippen MR) is 104 cm³/mol. The van der Waals surface area contributed by atoms with Crippen molar-refractivity contribution < 1.29 is 18.7 Å². The lowest BCUT2D eigenvalue weighted by molar-refractivity contribution is -0.128. The summed E-state index contributed by atoms with van der Waals surface area (Å²) in [4.78, 5) is 30.8. The lowest BCUT2D eigenvalue weighted by atomic mass is 10.2. The molecule has 1 atom stereocenters. The Bertz CT molecular complexity index is 886. The van der Waals surface area contributed by atoms with E-state index in [2.05, 4.69) is 10.3 Å². The summed E-state index contributed by atoms with van der Waals surface area (Å²) in [6.07, 6.45) is 0.0608. The first-order valence-corrected chi connectivity index (χ1v) is 9.06. The molecule has 1 N–H and O–H groups in total. The minimum atomic E-state index is -0.622. The van der Waals surface area contributed by atoms with Crippen molar-refractivity contribution in [2.45, 2.75) is 11.7 Å². The van der Waals surface area contributed by atoms with E-state index < -0.39 is 5.25 Å². The van der Waals surface area contributed by atoms with Crippen molar-refractivity contribution in [3.05, 3.63) is 54.3 Å². The van der Waals surface area contributed by atoms with Gasteiger partial charge in [-0.2, -0.15) is 0 Å². The summed E-state index contributed by atoms with van der Waals surface area (Å²) >= 11 is 1.21. The molecule has 2 aromatic carbocycles. The van der Waals surface area contributed by atoms with Crippen molar-refractivity contribution in [3.8, 4) is 5.75 Å². The van der Waals surface area contributed by atoms with Gasteiger partial charge >= 0.3 is 0 Å². The molecular weight excluding hydrogens is 369 g/mol. The first kappa shape index (κ1) is 18.9. The van der Waals surface area contributed by atoms with Crippen LogP contribution in [-0.2, 0) is 9.59 Å². The third-order valence-electron chi connectivity index (χ3n) is 3.95. The summed E-state index contributed by atoms with van der Waals surface area (Å²) in [5.41, 5.74) is 1.09. The van der Waals surface area contributed by atoms with Gasteiger partial charge in [0.2, 0.25) is 11.8 Å². The highest BCUT2D eigenvalue weighted by molar-refractivity contribution is 8.15. The first-order valence-electron chi connectivity index (χ1n) is 8.18. The molecule has 0 bridgehead atoms. The second-order valence-corrected chi connectivity index (χ2v) is 7.03. The maximum Gasteiger partial charge on any atom is 0.238 e. The molecular formula is C19H18FN3O3S. The van der Waals surface area contributed by atoms with Crippen LogP contribution in [0.4, 0.5) is 15.8 Å². The molecule has 0 radical (unpaired) electrons. The van der Waals surface area contributed by atoms with Crippen molar-refractivity contribution in [1.82, 2.24) is 4.90 Å². The number of aliphatic imine (C=N–C) groups is 1. The van der Waals surface area contributed by atoms with Crippen LogP contribution in [0.25, 0.3) is 0 Å². The number of thioether (sulfide) groups is 1. The van der Waals surface area contributed by atoms with Crippen LogP contribution < -0.4 is 10.1 Å². The molecule has 1 fully saturated rings. The van der Waals surface area contributed by atoms with Gasteiger partial charge in [0.15, 0.2) is 5.17 Å². The van der Waals surface area contributed by atoms with E-state index in [1.165, 1.54) is 40.9 Å². The van der Waals surface area contributed by atoms with Gasteiger partial charge in [-0.25, -0.2) is 9.38 Å². The van der Waals surface area contributed by atoms with E-state index in [0.717, 1.165) is 0 Å². The van der Waals surface area contributed by atoms with Crippen LogP contribution in [0, 0.1) is 5.82 Å². The van der Waals surface area contributed by atoms with E-state index >= 15 is 0 Å². The van der Waals surface area contributed by atoms with E-state index in [9.17, 15) is 14.0 Å². The zero-order valence-electron chi connectivity index (χ0n) is 14.8. The van der Waals surface area contributed by atoms with Gasteiger partial charge in [0.1, 0.15) is 16.8 Å². The van der Waals surface area contributed by atoms with E-state index in [0.29, 0.717) is 22.3 Å². The number of rotatable bonds is 4. The molecule has 1 saturated heterocycles. The molecule has 0 spiro atoms. The van der Waals surface area contributed by atoms with Crippen LogP contribution in [-0.4, -0.2) is 41.3 Å². The summed E-state index contributed by atoms with van der Waals surface area (Å²) in [6, 6.07) is 12.6. The maximum atomic E-state index is 13.0. The number of amidine groups is 1. The smallest absolute Gasteiger partial charge is 0.238 e. The Labute approximate surface area is 160 Å². The summed E-state index contributed by atoms with van der Waals surface area (Å²) in [6.45, 7) is 0. The standard InChI is InChI=1S/C19H18FN3O3S/c1-23-17(24)11-16(18(25)21-13-8-6-12(20)7-9-13)27-19(23)22-14-4-3-5-15(10-14)26-2/h3-10,16H,11H2,1-2H3,(H,21,25). The molecule has 0 saturated carbocycles. The predicted octanol–water partition coefficient (Wildman–Crippen LogP) is 3.42. The Balaban J connectivity index is 1.77. The average molecular weight is 387 g/mol. The highest BCUT2D eigenvalue weighted by Crippen LogP contribution is 2.30. The van der Waals surface area contributed by atoms with E-state index in [4.69, 9.17) is 4.74 Å².